The quantitative estimate of drug-likeness (QED) is 0.548. The number of carbonyl (C=O) groups excluding carboxylic acids is 3. The van der Waals surface area contributed by atoms with Gasteiger partial charge in [0.05, 0.1) is 24.1 Å². The van der Waals surface area contributed by atoms with E-state index in [0.29, 0.717) is 73.9 Å². The second-order valence-corrected chi connectivity index (χ2v) is 10.9. The topological polar surface area (TPSA) is 125 Å². The van der Waals surface area contributed by atoms with Crippen molar-refractivity contribution in [2.45, 2.75) is 56.9 Å². The first-order valence-electron chi connectivity index (χ1n) is 14.2. The Labute approximate surface area is 238 Å². The van der Waals surface area contributed by atoms with Crippen LogP contribution in [0.3, 0.4) is 0 Å². The van der Waals surface area contributed by atoms with Gasteiger partial charge in [-0.2, -0.15) is 0 Å². The molecular weight excluding hydrogens is 530 g/mol. The summed E-state index contributed by atoms with van der Waals surface area (Å²) in [5.41, 5.74) is 1.89. The van der Waals surface area contributed by atoms with E-state index in [1.54, 1.807) is 30.1 Å². The minimum absolute atomic E-state index is 0.0625. The van der Waals surface area contributed by atoms with Gasteiger partial charge in [0.1, 0.15) is 18.5 Å². The molecule has 3 atom stereocenters. The average Bonchev–Trinajstić information content (AvgIpc) is 3.47. The molecule has 4 aliphatic heterocycles. The fraction of sp³-hybridized carbons (Fsp3) is 0.500. The number of carbonyl (C=O) groups is 3. The SMILES string of the molecule is CN1C(=O)c2cc(NC(=O)C3CCOCC3)ccc2OC[C@H]2O[C@H](CC(=O)NCc3ccc4c(c3)OCO4)CC[C@@H]21. The Kier molecular flexibility index (Phi) is 7.97. The molecule has 11 heteroatoms. The summed E-state index contributed by atoms with van der Waals surface area (Å²) in [6, 6.07) is 10.6. The fourth-order valence-electron chi connectivity index (χ4n) is 5.84. The van der Waals surface area contributed by atoms with Crippen molar-refractivity contribution in [1.82, 2.24) is 10.2 Å². The van der Waals surface area contributed by atoms with E-state index in [1.165, 1.54) is 0 Å². The average molecular weight is 566 g/mol. The molecule has 2 N–H and O–H groups in total. The van der Waals surface area contributed by atoms with Crippen LogP contribution in [0.4, 0.5) is 5.69 Å². The van der Waals surface area contributed by atoms with Gasteiger partial charge in [0.2, 0.25) is 18.6 Å². The van der Waals surface area contributed by atoms with Gasteiger partial charge in [-0.05, 0) is 61.6 Å². The molecule has 0 saturated carbocycles. The first-order valence-corrected chi connectivity index (χ1v) is 14.2. The van der Waals surface area contributed by atoms with Crippen LogP contribution in [0, 0.1) is 5.92 Å². The third kappa shape index (κ3) is 6.11. The molecule has 0 aromatic heterocycles. The van der Waals surface area contributed by atoms with Crippen LogP contribution in [0.5, 0.6) is 17.2 Å². The van der Waals surface area contributed by atoms with Gasteiger partial charge in [-0.15, -0.1) is 0 Å². The molecule has 2 aromatic carbocycles. The highest BCUT2D eigenvalue weighted by atomic mass is 16.7. The fourth-order valence-corrected chi connectivity index (χ4v) is 5.84. The molecule has 2 aromatic rings. The number of nitrogens with one attached hydrogen (secondary N) is 2. The molecule has 0 spiro atoms. The Hall–Kier alpha value is -3.83. The van der Waals surface area contributed by atoms with Crippen LogP contribution < -0.4 is 24.8 Å². The second-order valence-electron chi connectivity index (χ2n) is 10.9. The molecule has 0 radical (unpaired) electrons. The number of hydrogen-bond acceptors (Lipinski definition) is 8. The molecule has 2 fully saturated rings. The van der Waals surface area contributed by atoms with Crippen molar-refractivity contribution in [3.8, 4) is 17.2 Å². The van der Waals surface area contributed by atoms with Crippen LogP contribution in [-0.4, -0.2) is 74.5 Å². The van der Waals surface area contributed by atoms with E-state index in [9.17, 15) is 14.4 Å². The molecule has 11 nitrogen and oxygen atoms in total. The summed E-state index contributed by atoms with van der Waals surface area (Å²) in [6.07, 6.45) is 2.28. The standard InChI is InChI=1S/C30H35N3O8/c1-33-23-5-4-21(14-28(34)31-15-18-2-6-25-26(12-18)40-17-39-25)41-27(23)16-38-24-7-3-20(13-22(24)30(33)36)32-29(35)19-8-10-37-11-9-19/h2-3,6-7,12-13,19,21,23,27H,4-5,8-11,14-17H2,1H3,(H,31,34)(H,32,35)/t21-,23-,27+/m0/s1. The van der Waals surface area contributed by atoms with E-state index in [-0.39, 0.29) is 61.7 Å². The Morgan fingerprint density at radius 3 is 2.61 bits per heavy atom. The molecule has 0 unspecified atom stereocenters. The molecule has 0 bridgehead atoms. The summed E-state index contributed by atoms with van der Waals surface area (Å²) in [5.74, 6) is 1.36. The van der Waals surface area contributed by atoms with Crippen molar-refractivity contribution in [3.05, 3.63) is 47.5 Å². The number of benzene rings is 2. The summed E-state index contributed by atoms with van der Waals surface area (Å²) >= 11 is 0. The lowest BCUT2D eigenvalue weighted by Gasteiger charge is -2.42. The zero-order valence-electron chi connectivity index (χ0n) is 23.1. The lowest BCUT2D eigenvalue weighted by molar-refractivity contribution is -0.134. The predicted molar refractivity (Wildman–Crippen MR) is 147 cm³/mol. The monoisotopic (exact) mass is 565 g/mol. The van der Waals surface area contributed by atoms with E-state index in [4.69, 9.17) is 23.7 Å². The number of nitrogens with zero attached hydrogens (tertiary/aromatic N) is 1. The van der Waals surface area contributed by atoms with Crippen LogP contribution in [0.25, 0.3) is 0 Å². The van der Waals surface area contributed by atoms with E-state index < -0.39 is 0 Å². The van der Waals surface area contributed by atoms with Crippen molar-refractivity contribution in [2.75, 3.05) is 39.0 Å². The lowest BCUT2D eigenvalue weighted by atomic mass is 9.94. The van der Waals surface area contributed by atoms with Gasteiger partial charge in [-0.3, -0.25) is 14.4 Å². The Balaban J connectivity index is 1.05. The Bertz CT molecular complexity index is 1310. The molecule has 41 heavy (non-hydrogen) atoms. The van der Waals surface area contributed by atoms with Gasteiger partial charge in [-0.1, -0.05) is 6.07 Å². The smallest absolute Gasteiger partial charge is 0.257 e. The highest BCUT2D eigenvalue weighted by Crippen LogP contribution is 2.34. The number of ether oxygens (including phenoxy) is 5. The van der Waals surface area contributed by atoms with Crippen LogP contribution in [0.2, 0.25) is 0 Å². The van der Waals surface area contributed by atoms with Crippen molar-refractivity contribution < 1.29 is 38.1 Å². The normalized spacial score (nSPS) is 23.9. The summed E-state index contributed by atoms with van der Waals surface area (Å²) in [5, 5.41) is 5.90. The van der Waals surface area contributed by atoms with Gasteiger partial charge in [0.15, 0.2) is 11.5 Å². The number of fused-ring (bicyclic) bond motifs is 3. The molecule has 0 aliphatic carbocycles. The van der Waals surface area contributed by atoms with Gasteiger partial charge in [0, 0.05) is 38.4 Å². The number of rotatable bonds is 6. The first-order chi connectivity index (χ1) is 19.9. The van der Waals surface area contributed by atoms with Crippen LogP contribution in [0.1, 0.15) is 48.0 Å². The third-order valence-corrected chi connectivity index (χ3v) is 8.21. The van der Waals surface area contributed by atoms with Gasteiger partial charge < -0.3 is 39.2 Å². The van der Waals surface area contributed by atoms with Gasteiger partial charge in [0.25, 0.3) is 5.91 Å². The molecule has 3 amide bonds. The van der Waals surface area contributed by atoms with E-state index in [2.05, 4.69) is 10.6 Å². The third-order valence-electron chi connectivity index (χ3n) is 8.21. The minimum Gasteiger partial charge on any atom is -0.490 e. The predicted octanol–water partition coefficient (Wildman–Crippen LogP) is 2.87. The molecule has 4 aliphatic rings. The highest BCUT2D eigenvalue weighted by Gasteiger charge is 2.39. The van der Waals surface area contributed by atoms with Gasteiger partial charge >= 0.3 is 0 Å². The van der Waals surface area contributed by atoms with Crippen molar-refractivity contribution in [2.24, 2.45) is 5.92 Å². The summed E-state index contributed by atoms with van der Waals surface area (Å²) in [7, 11) is 1.77. The summed E-state index contributed by atoms with van der Waals surface area (Å²) < 4.78 is 28.5. The lowest BCUT2D eigenvalue weighted by Crippen LogP contribution is -2.53. The molecular formula is C30H35N3O8. The number of amides is 3. The zero-order chi connectivity index (χ0) is 28.3. The second kappa shape index (κ2) is 12.0. The van der Waals surface area contributed by atoms with E-state index in [0.717, 1.165) is 5.56 Å². The van der Waals surface area contributed by atoms with E-state index >= 15 is 0 Å². The molecule has 218 valence electrons. The molecule has 6 rings (SSSR count). The Morgan fingerprint density at radius 2 is 1.76 bits per heavy atom. The molecule has 4 heterocycles. The first kappa shape index (κ1) is 27.3. The number of hydrogen-bond donors (Lipinski definition) is 2. The van der Waals surface area contributed by atoms with Crippen LogP contribution in [0.15, 0.2) is 36.4 Å². The van der Waals surface area contributed by atoms with E-state index in [1.807, 2.05) is 18.2 Å². The van der Waals surface area contributed by atoms with Crippen molar-refractivity contribution in [1.29, 1.82) is 0 Å². The van der Waals surface area contributed by atoms with Crippen molar-refractivity contribution in [3.63, 3.8) is 0 Å². The van der Waals surface area contributed by atoms with Crippen LogP contribution in [-0.2, 0) is 25.6 Å². The minimum atomic E-state index is -0.370. The number of likely N-dealkylation sites (N-methyl/N-ethyl adjacent to an activating group) is 1. The van der Waals surface area contributed by atoms with Crippen molar-refractivity contribution >= 4 is 23.4 Å². The van der Waals surface area contributed by atoms with Gasteiger partial charge in [-0.25, -0.2) is 0 Å². The Morgan fingerprint density at radius 1 is 0.951 bits per heavy atom. The maximum absolute atomic E-state index is 13.5. The number of anilines is 1. The van der Waals surface area contributed by atoms with Crippen LogP contribution >= 0.6 is 0 Å². The largest absolute Gasteiger partial charge is 0.490 e. The zero-order valence-corrected chi connectivity index (χ0v) is 23.1. The maximum Gasteiger partial charge on any atom is 0.257 e. The summed E-state index contributed by atoms with van der Waals surface area (Å²) in [6.45, 7) is 1.99. The summed E-state index contributed by atoms with van der Waals surface area (Å²) in [4.78, 5) is 40.6. The highest BCUT2D eigenvalue weighted by molar-refractivity contribution is 6.00. The molecule has 2 saturated heterocycles. The maximum atomic E-state index is 13.5.